The molecule has 2 heteroatoms. The molecule has 1 saturated carbocycles. The summed E-state index contributed by atoms with van der Waals surface area (Å²) in [6.07, 6.45) is 5.09. The summed E-state index contributed by atoms with van der Waals surface area (Å²) < 4.78 is 5.77. The third-order valence-electron chi connectivity index (χ3n) is 4.08. The Hall–Kier alpha value is -0.860. The van der Waals surface area contributed by atoms with Crippen LogP contribution in [0.3, 0.4) is 0 Å². The Bertz CT molecular complexity index is 373. The maximum atomic E-state index is 6.43. The summed E-state index contributed by atoms with van der Waals surface area (Å²) in [5.74, 6) is 0.728. The lowest BCUT2D eigenvalue weighted by molar-refractivity contribution is 0.0410. The van der Waals surface area contributed by atoms with Crippen molar-refractivity contribution in [2.24, 2.45) is 5.73 Å². The number of hydrogen-bond donors (Lipinski definition) is 1. The van der Waals surface area contributed by atoms with Gasteiger partial charge in [0.05, 0.1) is 12.1 Å². The van der Waals surface area contributed by atoms with Crippen LogP contribution in [0.5, 0.6) is 0 Å². The van der Waals surface area contributed by atoms with Gasteiger partial charge < -0.3 is 10.5 Å². The number of rotatable bonds is 6. The fourth-order valence-electron chi connectivity index (χ4n) is 2.80. The summed E-state index contributed by atoms with van der Waals surface area (Å²) >= 11 is 0. The molecular weight excluding hydrogens is 222 g/mol. The molecule has 0 spiro atoms. The molecule has 18 heavy (non-hydrogen) atoms. The minimum absolute atomic E-state index is 0.00625. The smallest absolute Gasteiger partial charge is 0.0764 e. The second kappa shape index (κ2) is 6.35. The van der Waals surface area contributed by atoms with Crippen molar-refractivity contribution in [3.05, 3.63) is 35.4 Å². The number of hydrogen-bond acceptors (Lipinski definition) is 2. The summed E-state index contributed by atoms with van der Waals surface area (Å²) in [6, 6.07) is 8.66. The molecule has 1 fully saturated rings. The lowest BCUT2D eigenvalue weighted by Gasteiger charge is -2.31. The Morgan fingerprint density at radius 3 is 2.56 bits per heavy atom. The van der Waals surface area contributed by atoms with Crippen LogP contribution in [-0.4, -0.2) is 12.7 Å². The summed E-state index contributed by atoms with van der Waals surface area (Å²) in [5, 5.41) is 0. The Kier molecular flexibility index (Phi) is 4.79. The first-order valence-corrected chi connectivity index (χ1v) is 7.23. The van der Waals surface area contributed by atoms with Gasteiger partial charge in [0.1, 0.15) is 0 Å². The fourth-order valence-corrected chi connectivity index (χ4v) is 2.80. The first-order valence-electron chi connectivity index (χ1n) is 7.23. The lowest BCUT2D eigenvalue weighted by Crippen LogP contribution is -2.30. The average Bonchev–Trinajstić information content (AvgIpc) is 2.34. The molecule has 2 atom stereocenters. The van der Waals surface area contributed by atoms with Crippen molar-refractivity contribution in [2.45, 2.75) is 57.6 Å². The highest BCUT2D eigenvalue weighted by Crippen LogP contribution is 2.39. The van der Waals surface area contributed by atoms with E-state index in [1.54, 1.807) is 0 Å². The normalized spacial score (nSPS) is 19.3. The SMILES string of the molecule is CCOC(CC)C(N)c1ccccc1C1CCC1. The quantitative estimate of drug-likeness (QED) is 0.830. The summed E-state index contributed by atoms with van der Waals surface area (Å²) in [4.78, 5) is 0. The van der Waals surface area contributed by atoms with Gasteiger partial charge in [-0.15, -0.1) is 0 Å². The predicted molar refractivity (Wildman–Crippen MR) is 75.7 cm³/mol. The minimum Gasteiger partial charge on any atom is -0.377 e. The third-order valence-corrected chi connectivity index (χ3v) is 4.08. The molecule has 0 radical (unpaired) electrons. The van der Waals surface area contributed by atoms with Gasteiger partial charge in [0, 0.05) is 6.61 Å². The number of nitrogens with two attached hydrogens (primary N) is 1. The molecule has 2 N–H and O–H groups in total. The maximum Gasteiger partial charge on any atom is 0.0764 e. The van der Waals surface area contributed by atoms with Crippen LogP contribution in [0.1, 0.15) is 62.6 Å². The predicted octanol–water partition coefficient (Wildman–Crippen LogP) is 3.77. The van der Waals surface area contributed by atoms with Crippen molar-refractivity contribution < 1.29 is 4.74 Å². The van der Waals surface area contributed by atoms with E-state index in [-0.39, 0.29) is 12.1 Å². The first kappa shape index (κ1) is 13.6. The molecule has 2 unspecified atom stereocenters. The van der Waals surface area contributed by atoms with Crippen molar-refractivity contribution >= 4 is 0 Å². The Labute approximate surface area is 111 Å². The van der Waals surface area contributed by atoms with Gasteiger partial charge in [0.2, 0.25) is 0 Å². The van der Waals surface area contributed by atoms with Crippen molar-refractivity contribution in [3.63, 3.8) is 0 Å². The molecule has 0 saturated heterocycles. The van der Waals surface area contributed by atoms with E-state index in [9.17, 15) is 0 Å². The van der Waals surface area contributed by atoms with Crippen LogP contribution >= 0.6 is 0 Å². The Balaban J connectivity index is 2.20. The van der Waals surface area contributed by atoms with Crippen molar-refractivity contribution in [3.8, 4) is 0 Å². The van der Waals surface area contributed by atoms with Crippen LogP contribution in [-0.2, 0) is 4.74 Å². The van der Waals surface area contributed by atoms with Gasteiger partial charge >= 0.3 is 0 Å². The van der Waals surface area contributed by atoms with E-state index in [0.717, 1.165) is 18.9 Å². The van der Waals surface area contributed by atoms with E-state index in [0.29, 0.717) is 0 Å². The van der Waals surface area contributed by atoms with E-state index in [1.165, 1.54) is 30.4 Å². The van der Waals surface area contributed by atoms with Gasteiger partial charge in [-0.3, -0.25) is 0 Å². The number of ether oxygens (including phenoxy) is 1. The van der Waals surface area contributed by atoms with Gasteiger partial charge in [0.25, 0.3) is 0 Å². The van der Waals surface area contributed by atoms with Gasteiger partial charge in [-0.25, -0.2) is 0 Å². The van der Waals surface area contributed by atoms with Crippen LogP contribution in [0.15, 0.2) is 24.3 Å². The molecule has 1 aliphatic rings. The van der Waals surface area contributed by atoms with Gasteiger partial charge in [-0.1, -0.05) is 37.6 Å². The highest BCUT2D eigenvalue weighted by Gasteiger charge is 2.26. The number of benzene rings is 1. The monoisotopic (exact) mass is 247 g/mol. The van der Waals surface area contributed by atoms with E-state index >= 15 is 0 Å². The van der Waals surface area contributed by atoms with Crippen LogP contribution in [0.25, 0.3) is 0 Å². The van der Waals surface area contributed by atoms with E-state index in [2.05, 4.69) is 31.2 Å². The summed E-state index contributed by atoms with van der Waals surface area (Å²) in [5.41, 5.74) is 9.18. The molecule has 1 aliphatic carbocycles. The third kappa shape index (κ3) is 2.76. The standard InChI is InChI=1S/C16H25NO/c1-3-15(18-4-2)16(17)14-11-6-5-10-13(14)12-8-7-9-12/h5-6,10-12,15-16H,3-4,7-9,17H2,1-2H3. The van der Waals surface area contributed by atoms with Crippen LogP contribution in [0.4, 0.5) is 0 Å². The second-order valence-electron chi connectivity index (χ2n) is 5.18. The van der Waals surface area contributed by atoms with Gasteiger partial charge in [0.15, 0.2) is 0 Å². The molecule has 0 heterocycles. The van der Waals surface area contributed by atoms with Crippen molar-refractivity contribution in [1.29, 1.82) is 0 Å². The average molecular weight is 247 g/mol. The van der Waals surface area contributed by atoms with Crippen molar-refractivity contribution in [1.82, 2.24) is 0 Å². The second-order valence-corrected chi connectivity index (χ2v) is 5.18. The van der Waals surface area contributed by atoms with Crippen LogP contribution < -0.4 is 5.73 Å². The van der Waals surface area contributed by atoms with Crippen LogP contribution in [0.2, 0.25) is 0 Å². The molecule has 2 rings (SSSR count). The molecule has 1 aromatic rings. The van der Waals surface area contributed by atoms with Crippen molar-refractivity contribution in [2.75, 3.05) is 6.61 Å². The zero-order valence-corrected chi connectivity index (χ0v) is 11.6. The molecule has 0 aromatic heterocycles. The molecule has 0 aliphatic heterocycles. The molecule has 2 nitrogen and oxygen atoms in total. The summed E-state index contributed by atoms with van der Waals surface area (Å²) in [6.45, 7) is 4.91. The highest BCUT2D eigenvalue weighted by molar-refractivity contribution is 5.34. The summed E-state index contributed by atoms with van der Waals surface area (Å²) in [7, 11) is 0. The van der Waals surface area contributed by atoms with E-state index in [4.69, 9.17) is 10.5 Å². The van der Waals surface area contributed by atoms with Gasteiger partial charge in [-0.05, 0) is 43.2 Å². The molecular formula is C16H25NO. The zero-order valence-electron chi connectivity index (χ0n) is 11.6. The maximum absolute atomic E-state index is 6.43. The highest BCUT2D eigenvalue weighted by atomic mass is 16.5. The molecule has 1 aromatic carbocycles. The largest absolute Gasteiger partial charge is 0.377 e. The molecule has 0 bridgehead atoms. The van der Waals surface area contributed by atoms with Crippen LogP contribution in [0, 0.1) is 0 Å². The fraction of sp³-hybridized carbons (Fsp3) is 0.625. The Morgan fingerprint density at radius 2 is 2.00 bits per heavy atom. The molecule has 100 valence electrons. The topological polar surface area (TPSA) is 35.2 Å². The van der Waals surface area contributed by atoms with E-state index in [1.807, 2.05) is 6.92 Å². The minimum atomic E-state index is 0.00625. The zero-order chi connectivity index (χ0) is 13.0. The first-order chi connectivity index (χ1) is 8.77. The van der Waals surface area contributed by atoms with Gasteiger partial charge in [-0.2, -0.15) is 0 Å². The van der Waals surface area contributed by atoms with E-state index < -0.39 is 0 Å². The Morgan fingerprint density at radius 1 is 1.28 bits per heavy atom. The molecule has 0 amide bonds. The lowest BCUT2D eigenvalue weighted by atomic mass is 9.76.